The van der Waals surface area contributed by atoms with E-state index >= 15 is 0 Å². The summed E-state index contributed by atoms with van der Waals surface area (Å²) in [6, 6.07) is 0. The number of thioether (sulfide) groups is 1. The first-order valence-corrected chi connectivity index (χ1v) is 27.1. The first-order valence-electron chi connectivity index (χ1n) is 26.3. The van der Waals surface area contributed by atoms with Crippen LogP contribution in [0.1, 0.15) is 213 Å². The standard InChI is InChI=1S/C52H88NO13S.2CH3.Li/c1-4-7-9-11-22-26-30-62-46(54)34-42-35-47(55)63-32-28-24-20-18-16-14-13-15-17-19-21-25-29-33-65-49(57)37-43(36-48(56)64-31-27-23-12-10-8-5-2)39-51(59)67-45-41-53(52(60)61-6-3)40-44(45)66-50(58)38-42;;;/h42-45H,3-41H2,1-2H3;2*1H3;/q3*-1;+1/t42?,43?,44-,45-;;;/m0.../s1. The number of esters is 5. The van der Waals surface area contributed by atoms with Crippen LogP contribution in [0.4, 0.5) is 4.79 Å². The SMILES string of the molecule is [CH2-]COC(=O)N1C[C@@H]2OC(=O)CC(CC(=O)OCCCCCCCC)CC(=O)OCCCCCCCCCCCCCCCOC(=O)CC(CC(=O)OCCCCCCCC)CC(=O)S[C@H]2C1.[CH3-].[CH3-].[Li+]. The van der Waals surface area contributed by atoms with Crippen molar-refractivity contribution in [1.82, 2.24) is 4.90 Å². The van der Waals surface area contributed by atoms with Gasteiger partial charge < -0.3 is 55.1 Å². The van der Waals surface area contributed by atoms with Gasteiger partial charge >= 0.3 is 54.8 Å². The van der Waals surface area contributed by atoms with Gasteiger partial charge in [0.2, 0.25) is 0 Å². The summed E-state index contributed by atoms with van der Waals surface area (Å²) in [5.41, 5.74) is 0. The van der Waals surface area contributed by atoms with Gasteiger partial charge in [0, 0.05) is 45.1 Å². The number of amides is 1. The topological polar surface area (TPSA) is 178 Å². The van der Waals surface area contributed by atoms with E-state index in [4.69, 9.17) is 28.4 Å². The molecule has 0 aromatic carbocycles. The number of hydrogen-bond acceptors (Lipinski definition) is 14. The molecule has 14 nitrogen and oxygen atoms in total. The van der Waals surface area contributed by atoms with E-state index in [-0.39, 0.29) is 123 Å². The molecule has 2 heterocycles. The molecule has 70 heavy (non-hydrogen) atoms. The maximum absolute atomic E-state index is 13.8. The minimum absolute atomic E-state index is 0. The number of unbranched alkanes of at least 4 members (excludes halogenated alkanes) is 10. The molecular formula is C54H94LiNO13S-2. The van der Waals surface area contributed by atoms with E-state index in [0.717, 1.165) is 127 Å². The number of ether oxygens (including phenoxy) is 6. The second kappa shape index (κ2) is 46.1. The van der Waals surface area contributed by atoms with Crippen molar-refractivity contribution in [3.63, 3.8) is 0 Å². The predicted molar refractivity (Wildman–Crippen MR) is 273 cm³/mol. The molecule has 2 saturated heterocycles. The van der Waals surface area contributed by atoms with Crippen LogP contribution in [-0.2, 0) is 57.2 Å². The Morgan fingerprint density at radius 3 is 1.40 bits per heavy atom. The summed E-state index contributed by atoms with van der Waals surface area (Å²) in [7, 11) is 0. The average Bonchev–Trinajstić information content (AvgIpc) is 3.67. The zero-order chi connectivity index (χ0) is 48.7. The number of cyclic esters (lactones) is 2. The molecule has 2 unspecified atom stereocenters. The summed E-state index contributed by atoms with van der Waals surface area (Å²) < 4.78 is 33.2. The molecule has 2 aliphatic heterocycles. The largest absolute Gasteiger partial charge is 1.00 e. The van der Waals surface area contributed by atoms with Crippen LogP contribution in [0.2, 0.25) is 0 Å². The molecule has 0 radical (unpaired) electrons. The Kier molecular flexibility index (Phi) is 45.6. The van der Waals surface area contributed by atoms with E-state index in [2.05, 4.69) is 20.8 Å². The Hall–Kier alpha value is -2.76. The molecule has 2 fully saturated rings. The summed E-state index contributed by atoms with van der Waals surface area (Å²) in [4.78, 5) is 93.9. The molecule has 16 heteroatoms. The van der Waals surface area contributed by atoms with Crippen LogP contribution in [-0.4, -0.2) is 103 Å². The Bertz CT molecular complexity index is 1310. The van der Waals surface area contributed by atoms with Crippen molar-refractivity contribution in [1.29, 1.82) is 0 Å². The number of nitrogens with zero attached hydrogens (tertiary/aromatic N) is 1. The van der Waals surface area contributed by atoms with E-state index < -0.39 is 59.1 Å². The van der Waals surface area contributed by atoms with Crippen LogP contribution in [0.15, 0.2) is 0 Å². The molecule has 0 spiro atoms. The summed E-state index contributed by atoms with van der Waals surface area (Å²) >= 11 is 0.885. The average molecular weight is 1000 g/mol. The van der Waals surface area contributed by atoms with E-state index in [9.17, 15) is 33.6 Å². The maximum Gasteiger partial charge on any atom is 1.00 e. The third-order valence-electron chi connectivity index (χ3n) is 12.3. The van der Waals surface area contributed by atoms with Crippen molar-refractivity contribution in [2.45, 2.75) is 224 Å². The van der Waals surface area contributed by atoms with Gasteiger partial charge in [0.1, 0.15) is 6.10 Å². The molecule has 1 amide bonds. The van der Waals surface area contributed by atoms with Gasteiger partial charge in [-0.2, -0.15) is 0 Å². The second-order valence-electron chi connectivity index (χ2n) is 18.5. The number of hydrogen-bond donors (Lipinski definition) is 0. The van der Waals surface area contributed by atoms with Crippen LogP contribution < -0.4 is 18.9 Å². The second-order valence-corrected chi connectivity index (χ2v) is 19.8. The zero-order valence-electron chi connectivity index (χ0n) is 44.5. The fourth-order valence-corrected chi connectivity index (χ4v) is 9.69. The summed E-state index contributed by atoms with van der Waals surface area (Å²) in [5, 5.41) is -1.07. The molecule has 2 rings (SSSR count). The third kappa shape index (κ3) is 36.2. The molecule has 0 saturated carbocycles. The van der Waals surface area contributed by atoms with Crippen molar-refractivity contribution < 1.29 is 80.8 Å². The zero-order valence-corrected chi connectivity index (χ0v) is 45.4. The van der Waals surface area contributed by atoms with Gasteiger partial charge in [-0.3, -0.25) is 28.8 Å². The smallest absolute Gasteiger partial charge is 0.483 e. The summed E-state index contributed by atoms with van der Waals surface area (Å²) in [5.74, 6) is -4.16. The summed E-state index contributed by atoms with van der Waals surface area (Å²) in [6.45, 7) is 8.75. The van der Waals surface area contributed by atoms with E-state index in [1.54, 1.807) is 0 Å². The number of rotatable bonds is 19. The van der Waals surface area contributed by atoms with Gasteiger partial charge in [0.05, 0.1) is 38.2 Å². The van der Waals surface area contributed by atoms with Gasteiger partial charge in [-0.05, 0) is 44.1 Å². The van der Waals surface area contributed by atoms with Crippen LogP contribution in [0.25, 0.3) is 0 Å². The van der Waals surface area contributed by atoms with E-state index in [1.807, 2.05) is 0 Å². The van der Waals surface area contributed by atoms with Gasteiger partial charge in [-0.25, -0.2) is 4.79 Å². The molecule has 0 bridgehead atoms. The van der Waals surface area contributed by atoms with Crippen LogP contribution in [0, 0.1) is 33.6 Å². The number of fused-ring (bicyclic) bond motifs is 1. The Balaban J connectivity index is 0. The van der Waals surface area contributed by atoms with Crippen LogP contribution in [0.3, 0.4) is 0 Å². The van der Waals surface area contributed by atoms with Gasteiger partial charge in [0.25, 0.3) is 0 Å². The van der Waals surface area contributed by atoms with E-state index in [1.165, 1.54) is 49.8 Å². The fraction of sp³-hybridized carbons (Fsp3) is 0.815. The van der Waals surface area contributed by atoms with Crippen molar-refractivity contribution in [3.8, 4) is 0 Å². The predicted octanol–water partition coefficient (Wildman–Crippen LogP) is 9.27. The maximum atomic E-state index is 13.8. The molecule has 402 valence electrons. The first kappa shape index (κ1) is 69.3. The molecule has 2 aliphatic rings. The molecule has 0 N–H and O–H groups in total. The van der Waals surface area contributed by atoms with Crippen LogP contribution in [0.5, 0.6) is 0 Å². The van der Waals surface area contributed by atoms with Gasteiger partial charge in [0.15, 0.2) is 5.12 Å². The van der Waals surface area contributed by atoms with E-state index in [0.29, 0.717) is 0 Å². The van der Waals surface area contributed by atoms with Crippen molar-refractivity contribution in [2.75, 3.05) is 46.1 Å². The monoisotopic (exact) mass is 1000 g/mol. The molecule has 4 atom stereocenters. The quantitative estimate of drug-likeness (QED) is 0.0393. The van der Waals surface area contributed by atoms with Crippen molar-refractivity contribution in [3.05, 3.63) is 21.8 Å². The first-order chi connectivity index (χ1) is 32.5. The summed E-state index contributed by atoms with van der Waals surface area (Å²) in [6.07, 6.45) is 23.3. The van der Waals surface area contributed by atoms with Crippen LogP contribution >= 0.6 is 11.8 Å². The number of carbonyl (C=O) groups excluding carboxylic acids is 7. The molecule has 0 aromatic heterocycles. The Labute approximate surface area is 440 Å². The van der Waals surface area contributed by atoms with Crippen molar-refractivity contribution >= 4 is 52.8 Å². The number of likely N-dealkylation sites (tertiary alicyclic amines) is 1. The van der Waals surface area contributed by atoms with Gasteiger partial charge in [-0.15, -0.1) is 0 Å². The molecule has 0 aliphatic carbocycles. The van der Waals surface area contributed by atoms with Crippen molar-refractivity contribution in [2.24, 2.45) is 11.8 Å². The fourth-order valence-electron chi connectivity index (χ4n) is 8.47. The molecular weight excluding hydrogens is 910 g/mol. The normalized spacial score (nSPS) is 21.3. The third-order valence-corrected chi connectivity index (χ3v) is 13.5. The van der Waals surface area contributed by atoms with Gasteiger partial charge in [-0.1, -0.05) is 160 Å². The molecule has 0 aromatic rings. The minimum atomic E-state index is -0.943. The Morgan fingerprint density at radius 1 is 0.557 bits per heavy atom. The number of carbonyl (C=O) groups is 7. The Morgan fingerprint density at radius 2 is 0.957 bits per heavy atom. The minimum Gasteiger partial charge on any atom is -0.483 e.